The van der Waals surface area contributed by atoms with Gasteiger partial charge in [-0.15, -0.1) is 5.48 Å². The molecule has 0 heterocycles. The number of nitrogens with one attached hydrogen (secondary N) is 1. The van der Waals surface area contributed by atoms with E-state index in [9.17, 15) is 14.7 Å². The minimum atomic E-state index is -1.60. The number of amides is 1. The highest BCUT2D eigenvalue weighted by atomic mass is 16.7. The van der Waals surface area contributed by atoms with E-state index in [1.807, 2.05) is 0 Å². The predicted octanol–water partition coefficient (Wildman–Crippen LogP) is -0.00530. The summed E-state index contributed by atoms with van der Waals surface area (Å²) in [6.45, 7) is 0. The van der Waals surface area contributed by atoms with Crippen LogP contribution < -0.4 is 5.48 Å². The van der Waals surface area contributed by atoms with Gasteiger partial charge in [0.25, 0.3) is 0 Å². The van der Waals surface area contributed by atoms with Crippen molar-refractivity contribution in [2.75, 3.05) is 0 Å². The van der Waals surface area contributed by atoms with E-state index in [1.54, 1.807) is 0 Å². The van der Waals surface area contributed by atoms with Crippen LogP contribution in [0.3, 0.4) is 0 Å². The predicted molar refractivity (Wildman–Crippen MR) is 28.0 cm³/mol. The third-order valence-electron chi connectivity index (χ3n) is 1.15. The van der Waals surface area contributed by atoms with Gasteiger partial charge < -0.3 is 4.84 Å². The highest BCUT2D eigenvalue weighted by Crippen LogP contribution is 2.29. The van der Waals surface area contributed by atoms with Crippen molar-refractivity contribution in [2.45, 2.75) is 12.8 Å². The molecule has 1 amide bonds. The molecule has 1 fully saturated rings. The molecule has 0 aromatic carbocycles. The Bertz CT molecular complexity index is 163. The molecule has 0 aromatic heterocycles. The lowest BCUT2D eigenvalue weighted by atomic mass is 10.4. The van der Waals surface area contributed by atoms with Crippen LogP contribution in [0.2, 0.25) is 0 Å². The van der Waals surface area contributed by atoms with Crippen LogP contribution in [0.15, 0.2) is 0 Å². The Labute approximate surface area is 56.9 Å². The maximum atomic E-state index is 10.5. The molecule has 0 spiro atoms. The molecule has 1 aliphatic carbocycles. The van der Waals surface area contributed by atoms with Gasteiger partial charge in [-0.25, -0.2) is 14.7 Å². The molecule has 55 valence electrons. The lowest BCUT2D eigenvalue weighted by Crippen LogP contribution is -2.25. The fourth-order valence-corrected chi connectivity index (χ4v) is 0.494. The summed E-state index contributed by atoms with van der Waals surface area (Å²) >= 11 is 0. The van der Waals surface area contributed by atoms with Crippen molar-refractivity contribution in [3.63, 3.8) is 0 Å². The van der Waals surface area contributed by atoms with Crippen molar-refractivity contribution in [1.82, 2.24) is 5.48 Å². The molecule has 1 saturated carbocycles. The minimum absolute atomic E-state index is 0.105. The van der Waals surface area contributed by atoms with Gasteiger partial charge >= 0.3 is 12.1 Å². The first-order chi connectivity index (χ1) is 4.70. The second kappa shape index (κ2) is 2.55. The average molecular weight is 144 g/mol. The highest BCUT2D eigenvalue weighted by Gasteiger charge is 2.32. The number of carbonyl (C=O) groups excluding carboxylic acids is 2. The Morgan fingerprint density at radius 3 is 2.40 bits per heavy atom. The van der Waals surface area contributed by atoms with Crippen molar-refractivity contribution in [3.8, 4) is 0 Å². The number of rotatable bonds is 1. The first kappa shape index (κ1) is 6.85. The summed E-state index contributed by atoms with van der Waals surface area (Å²) in [7, 11) is 0. The molecule has 0 unspecified atom stereocenters. The number of hydrogen-bond donors (Lipinski definition) is 1. The van der Waals surface area contributed by atoms with E-state index in [0.717, 1.165) is 12.8 Å². The van der Waals surface area contributed by atoms with Crippen molar-refractivity contribution < 1.29 is 19.5 Å². The van der Waals surface area contributed by atoms with Crippen molar-refractivity contribution >= 4 is 12.1 Å². The SMILES string of the molecule is [O]C(=O)NOC(=O)C1CC1. The van der Waals surface area contributed by atoms with Crippen molar-refractivity contribution in [3.05, 3.63) is 0 Å². The summed E-state index contributed by atoms with van der Waals surface area (Å²) in [5.41, 5.74) is 1.42. The van der Waals surface area contributed by atoms with E-state index in [-0.39, 0.29) is 5.92 Å². The largest absolute Gasteiger partial charge is 0.482 e. The zero-order valence-electron chi connectivity index (χ0n) is 5.12. The molecule has 1 rings (SSSR count). The maximum absolute atomic E-state index is 10.5. The molecule has 1 radical (unpaired) electrons. The van der Waals surface area contributed by atoms with E-state index in [1.165, 1.54) is 5.48 Å². The van der Waals surface area contributed by atoms with Gasteiger partial charge in [-0.05, 0) is 12.8 Å². The molecule has 1 N–H and O–H groups in total. The second-order valence-electron chi connectivity index (χ2n) is 2.08. The number of carbonyl (C=O) groups is 2. The van der Waals surface area contributed by atoms with E-state index in [4.69, 9.17) is 0 Å². The Balaban J connectivity index is 2.12. The zero-order chi connectivity index (χ0) is 7.56. The Morgan fingerprint density at radius 2 is 2.00 bits per heavy atom. The third-order valence-corrected chi connectivity index (χ3v) is 1.15. The van der Waals surface area contributed by atoms with Crippen LogP contribution in [0.4, 0.5) is 4.79 Å². The Morgan fingerprint density at radius 1 is 1.40 bits per heavy atom. The molecule has 10 heavy (non-hydrogen) atoms. The van der Waals surface area contributed by atoms with Crippen LogP contribution in [0.1, 0.15) is 12.8 Å². The van der Waals surface area contributed by atoms with Crippen LogP contribution in [0, 0.1) is 5.92 Å². The molecule has 0 aromatic rings. The van der Waals surface area contributed by atoms with Crippen LogP contribution in [-0.4, -0.2) is 12.1 Å². The summed E-state index contributed by atoms with van der Waals surface area (Å²) in [4.78, 5) is 24.3. The molecule has 0 bridgehead atoms. The lowest BCUT2D eigenvalue weighted by molar-refractivity contribution is -0.151. The third kappa shape index (κ3) is 1.93. The van der Waals surface area contributed by atoms with Crippen LogP contribution in [0.5, 0.6) is 0 Å². The topological polar surface area (TPSA) is 75.3 Å². The smallest absolute Gasteiger partial charge is 0.338 e. The fourth-order valence-electron chi connectivity index (χ4n) is 0.494. The summed E-state index contributed by atoms with van der Waals surface area (Å²) in [6, 6.07) is 0. The summed E-state index contributed by atoms with van der Waals surface area (Å²) in [5, 5.41) is 9.65. The van der Waals surface area contributed by atoms with Crippen molar-refractivity contribution in [1.29, 1.82) is 0 Å². The zero-order valence-corrected chi connectivity index (χ0v) is 5.12. The molecule has 0 aliphatic heterocycles. The maximum Gasteiger partial charge on any atom is 0.482 e. The number of hydroxylamine groups is 1. The quantitative estimate of drug-likeness (QED) is 0.526. The van der Waals surface area contributed by atoms with Crippen LogP contribution in [-0.2, 0) is 14.7 Å². The average Bonchev–Trinajstić information content (AvgIpc) is 2.63. The fraction of sp³-hybridized carbons (Fsp3) is 0.600. The summed E-state index contributed by atoms with van der Waals surface area (Å²) in [5.74, 6) is -0.629. The normalized spacial score (nSPS) is 16.0. The molecular formula is C5H6NO4. The molecule has 0 saturated heterocycles. The first-order valence-electron chi connectivity index (χ1n) is 2.88. The molecular weight excluding hydrogens is 138 g/mol. The van der Waals surface area contributed by atoms with Crippen LogP contribution in [0.25, 0.3) is 0 Å². The standard InChI is InChI=1S/C5H6NO4/c7-4(3-1-2-3)10-6-5(8)9/h3,6H,1-2H2. The number of hydrogen-bond acceptors (Lipinski definition) is 3. The Hall–Kier alpha value is -1.26. The summed E-state index contributed by atoms with van der Waals surface area (Å²) < 4.78 is 0. The van der Waals surface area contributed by atoms with Gasteiger partial charge in [-0.1, -0.05) is 0 Å². The van der Waals surface area contributed by atoms with Gasteiger partial charge in [0.15, 0.2) is 0 Å². The van der Waals surface area contributed by atoms with E-state index in [2.05, 4.69) is 4.84 Å². The molecule has 0 atom stereocenters. The van der Waals surface area contributed by atoms with Gasteiger partial charge in [0, 0.05) is 0 Å². The molecule has 1 aliphatic rings. The highest BCUT2D eigenvalue weighted by molar-refractivity contribution is 5.76. The Kier molecular flexibility index (Phi) is 1.75. The lowest BCUT2D eigenvalue weighted by Gasteiger charge is -1.97. The summed E-state index contributed by atoms with van der Waals surface area (Å²) in [6.07, 6.45) is -0.0322. The van der Waals surface area contributed by atoms with Gasteiger partial charge in [-0.3, -0.25) is 0 Å². The van der Waals surface area contributed by atoms with Crippen LogP contribution >= 0.6 is 0 Å². The first-order valence-corrected chi connectivity index (χ1v) is 2.88. The van der Waals surface area contributed by atoms with Gasteiger partial charge in [-0.2, -0.15) is 0 Å². The van der Waals surface area contributed by atoms with Crippen molar-refractivity contribution in [2.24, 2.45) is 5.92 Å². The molecule has 5 nitrogen and oxygen atoms in total. The van der Waals surface area contributed by atoms with Gasteiger partial charge in [0.2, 0.25) is 0 Å². The van der Waals surface area contributed by atoms with E-state index >= 15 is 0 Å². The van der Waals surface area contributed by atoms with E-state index < -0.39 is 12.1 Å². The monoisotopic (exact) mass is 144 g/mol. The van der Waals surface area contributed by atoms with E-state index in [0.29, 0.717) is 0 Å². The van der Waals surface area contributed by atoms with Gasteiger partial charge in [0.1, 0.15) is 0 Å². The second-order valence-corrected chi connectivity index (χ2v) is 2.08. The van der Waals surface area contributed by atoms with Gasteiger partial charge in [0.05, 0.1) is 5.92 Å². The minimum Gasteiger partial charge on any atom is -0.338 e. The molecule has 5 heteroatoms.